The molecular weight excluding hydrogens is 206 g/mol. The number of benzene rings is 1. The van der Waals surface area contributed by atoms with Crippen molar-refractivity contribution in [3.8, 4) is 11.5 Å². The molecular formula is C11H13N3O2. The molecule has 0 saturated heterocycles. The van der Waals surface area contributed by atoms with Crippen molar-refractivity contribution >= 4 is 0 Å². The molecule has 1 N–H and O–H groups in total. The van der Waals surface area contributed by atoms with Gasteiger partial charge < -0.3 is 9.84 Å². The Kier molecular flexibility index (Phi) is 3.38. The molecule has 0 fully saturated rings. The molecule has 0 radical (unpaired) electrons. The first kappa shape index (κ1) is 10.5. The summed E-state index contributed by atoms with van der Waals surface area (Å²) in [7, 11) is 0. The minimum atomic E-state index is 0.245. The van der Waals surface area contributed by atoms with Crippen LogP contribution in [0, 0.1) is 0 Å². The van der Waals surface area contributed by atoms with Crippen LogP contribution in [0.1, 0.15) is 6.42 Å². The molecule has 0 spiro atoms. The number of aromatic nitrogens is 3. The van der Waals surface area contributed by atoms with E-state index in [1.165, 1.54) is 6.33 Å². The number of hydrogen-bond acceptors (Lipinski definition) is 4. The quantitative estimate of drug-likeness (QED) is 0.773. The lowest BCUT2D eigenvalue weighted by Gasteiger charge is -2.05. The van der Waals surface area contributed by atoms with E-state index in [4.69, 9.17) is 9.84 Å². The number of ether oxygens (including phenoxy) is 1. The third kappa shape index (κ3) is 2.98. The minimum Gasteiger partial charge on any atom is -0.508 e. The summed E-state index contributed by atoms with van der Waals surface area (Å²) in [6, 6.07) is 6.69. The van der Waals surface area contributed by atoms with Crippen LogP contribution in [0.15, 0.2) is 36.9 Å². The average Bonchev–Trinajstić information content (AvgIpc) is 2.80. The molecule has 1 aromatic heterocycles. The van der Waals surface area contributed by atoms with Crippen molar-refractivity contribution in [3.05, 3.63) is 36.9 Å². The molecule has 0 saturated carbocycles. The lowest BCUT2D eigenvalue weighted by atomic mass is 10.3. The third-order valence-corrected chi connectivity index (χ3v) is 2.10. The zero-order valence-electron chi connectivity index (χ0n) is 8.78. The maximum Gasteiger partial charge on any atom is 0.137 e. The molecule has 1 aromatic carbocycles. The zero-order chi connectivity index (χ0) is 11.2. The maximum absolute atomic E-state index is 9.08. The summed E-state index contributed by atoms with van der Waals surface area (Å²) in [5.74, 6) is 1.01. The van der Waals surface area contributed by atoms with E-state index in [-0.39, 0.29) is 5.75 Å². The van der Waals surface area contributed by atoms with E-state index in [1.807, 2.05) is 0 Å². The average molecular weight is 219 g/mol. The second-order valence-corrected chi connectivity index (χ2v) is 3.35. The number of aryl methyl sites for hydroxylation is 1. The Labute approximate surface area is 93.3 Å². The molecule has 5 heteroatoms. The third-order valence-electron chi connectivity index (χ3n) is 2.10. The first-order valence-corrected chi connectivity index (χ1v) is 5.09. The number of rotatable bonds is 5. The Morgan fingerprint density at radius 1 is 1.25 bits per heavy atom. The summed E-state index contributed by atoms with van der Waals surface area (Å²) in [4.78, 5) is 3.85. The van der Waals surface area contributed by atoms with E-state index in [0.29, 0.717) is 6.61 Å². The highest BCUT2D eigenvalue weighted by molar-refractivity contribution is 5.29. The van der Waals surface area contributed by atoms with Crippen molar-refractivity contribution in [2.75, 3.05) is 6.61 Å². The lowest BCUT2D eigenvalue weighted by Crippen LogP contribution is -2.04. The number of hydrogen-bond donors (Lipinski definition) is 1. The molecule has 0 unspecified atom stereocenters. The number of nitrogens with zero attached hydrogens (tertiary/aromatic N) is 3. The fourth-order valence-electron chi connectivity index (χ4n) is 1.31. The Balaban J connectivity index is 1.70. The first-order valence-electron chi connectivity index (χ1n) is 5.09. The Morgan fingerprint density at radius 2 is 2.06 bits per heavy atom. The van der Waals surface area contributed by atoms with Crippen molar-refractivity contribution in [1.29, 1.82) is 0 Å². The van der Waals surface area contributed by atoms with Crippen LogP contribution in [-0.2, 0) is 6.54 Å². The van der Waals surface area contributed by atoms with Crippen molar-refractivity contribution < 1.29 is 9.84 Å². The van der Waals surface area contributed by atoms with Crippen LogP contribution in [-0.4, -0.2) is 26.5 Å². The van der Waals surface area contributed by atoms with Crippen molar-refractivity contribution in [1.82, 2.24) is 14.8 Å². The van der Waals surface area contributed by atoms with Gasteiger partial charge in [0.25, 0.3) is 0 Å². The number of phenolic OH excluding ortho intramolecular Hbond substituents is 1. The second-order valence-electron chi connectivity index (χ2n) is 3.35. The van der Waals surface area contributed by atoms with Gasteiger partial charge in [-0.05, 0) is 24.3 Å². The normalized spacial score (nSPS) is 10.2. The summed E-state index contributed by atoms with van der Waals surface area (Å²) < 4.78 is 7.25. The van der Waals surface area contributed by atoms with Crippen molar-refractivity contribution in [3.63, 3.8) is 0 Å². The largest absolute Gasteiger partial charge is 0.508 e. The topological polar surface area (TPSA) is 60.2 Å². The summed E-state index contributed by atoms with van der Waals surface area (Å²) in [5.41, 5.74) is 0. The molecule has 84 valence electrons. The Morgan fingerprint density at radius 3 is 2.75 bits per heavy atom. The van der Waals surface area contributed by atoms with E-state index in [0.717, 1.165) is 18.7 Å². The molecule has 2 rings (SSSR count). The summed E-state index contributed by atoms with van der Waals surface area (Å²) in [6.45, 7) is 1.41. The molecule has 0 aliphatic heterocycles. The summed E-state index contributed by atoms with van der Waals surface area (Å²) >= 11 is 0. The van der Waals surface area contributed by atoms with E-state index >= 15 is 0 Å². The van der Waals surface area contributed by atoms with Crippen LogP contribution in [0.2, 0.25) is 0 Å². The SMILES string of the molecule is Oc1ccc(OCCCn2cncn2)cc1. The first-order chi connectivity index (χ1) is 7.84. The van der Waals surface area contributed by atoms with Crippen molar-refractivity contribution in [2.45, 2.75) is 13.0 Å². The van der Waals surface area contributed by atoms with Gasteiger partial charge in [-0.15, -0.1) is 0 Å². The fourth-order valence-corrected chi connectivity index (χ4v) is 1.31. The van der Waals surface area contributed by atoms with Gasteiger partial charge in [0, 0.05) is 13.0 Å². The van der Waals surface area contributed by atoms with E-state index in [2.05, 4.69) is 10.1 Å². The molecule has 1 heterocycles. The summed E-state index contributed by atoms with van der Waals surface area (Å²) in [6.07, 6.45) is 4.06. The van der Waals surface area contributed by atoms with Crippen molar-refractivity contribution in [2.24, 2.45) is 0 Å². The molecule has 0 aliphatic carbocycles. The van der Waals surface area contributed by atoms with Gasteiger partial charge >= 0.3 is 0 Å². The predicted molar refractivity (Wildman–Crippen MR) is 58.2 cm³/mol. The smallest absolute Gasteiger partial charge is 0.137 e. The number of aromatic hydroxyl groups is 1. The second kappa shape index (κ2) is 5.16. The van der Waals surface area contributed by atoms with Crippen LogP contribution < -0.4 is 4.74 Å². The van der Waals surface area contributed by atoms with E-state index < -0.39 is 0 Å². The van der Waals surface area contributed by atoms with Gasteiger partial charge in [-0.25, -0.2) is 4.98 Å². The highest BCUT2D eigenvalue weighted by Gasteiger charge is 1.95. The van der Waals surface area contributed by atoms with Crippen LogP contribution in [0.25, 0.3) is 0 Å². The lowest BCUT2D eigenvalue weighted by molar-refractivity contribution is 0.298. The van der Waals surface area contributed by atoms with Gasteiger partial charge in [0.1, 0.15) is 24.2 Å². The Hall–Kier alpha value is -2.04. The van der Waals surface area contributed by atoms with Crippen LogP contribution >= 0.6 is 0 Å². The standard InChI is InChI=1S/C11H13N3O2/c15-10-2-4-11(5-3-10)16-7-1-6-14-9-12-8-13-14/h2-5,8-9,15H,1,6-7H2. The Bertz CT molecular complexity index is 411. The molecule has 0 atom stereocenters. The van der Waals surface area contributed by atoms with E-state index in [1.54, 1.807) is 35.3 Å². The molecule has 0 amide bonds. The van der Waals surface area contributed by atoms with Crippen LogP contribution in [0.5, 0.6) is 11.5 Å². The number of phenols is 1. The fraction of sp³-hybridized carbons (Fsp3) is 0.273. The molecule has 0 bridgehead atoms. The predicted octanol–water partition coefficient (Wildman–Crippen LogP) is 1.45. The molecule has 0 aliphatic rings. The van der Waals surface area contributed by atoms with Gasteiger partial charge in [-0.2, -0.15) is 5.10 Å². The monoisotopic (exact) mass is 219 g/mol. The highest BCUT2D eigenvalue weighted by Crippen LogP contribution is 2.15. The summed E-state index contributed by atoms with van der Waals surface area (Å²) in [5, 5.41) is 13.1. The molecule has 16 heavy (non-hydrogen) atoms. The maximum atomic E-state index is 9.08. The van der Waals surface area contributed by atoms with Crippen LogP contribution in [0.4, 0.5) is 0 Å². The molecule has 2 aromatic rings. The van der Waals surface area contributed by atoms with E-state index in [9.17, 15) is 0 Å². The van der Waals surface area contributed by atoms with Gasteiger partial charge in [-0.3, -0.25) is 4.68 Å². The minimum absolute atomic E-state index is 0.245. The van der Waals surface area contributed by atoms with Gasteiger partial charge in [0.15, 0.2) is 0 Å². The molecule has 5 nitrogen and oxygen atoms in total. The highest BCUT2D eigenvalue weighted by atomic mass is 16.5. The van der Waals surface area contributed by atoms with Gasteiger partial charge in [0.2, 0.25) is 0 Å². The van der Waals surface area contributed by atoms with Crippen LogP contribution in [0.3, 0.4) is 0 Å². The van der Waals surface area contributed by atoms with Gasteiger partial charge in [0.05, 0.1) is 6.61 Å². The van der Waals surface area contributed by atoms with Gasteiger partial charge in [-0.1, -0.05) is 0 Å². The zero-order valence-corrected chi connectivity index (χ0v) is 8.78.